The van der Waals surface area contributed by atoms with Crippen molar-refractivity contribution in [3.05, 3.63) is 48.2 Å². The number of hydrogen-bond donors (Lipinski definition) is 0. The molecule has 0 aliphatic carbocycles. The monoisotopic (exact) mass is 309 g/mol. The molecule has 0 saturated heterocycles. The summed E-state index contributed by atoms with van der Waals surface area (Å²) in [7, 11) is -3.45. The third kappa shape index (κ3) is 3.62. The molecular formula is C15H20NO4P. The van der Waals surface area contributed by atoms with Crippen LogP contribution in [0.3, 0.4) is 0 Å². The lowest BCUT2D eigenvalue weighted by molar-refractivity contribution is -0.116. The lowest BCUT2D eigenvalue weighted by Gasteiger charge is -2.36. The largest absolute Gasteiger partial charge is 0.435 e. The van der Waals surface area contributed by atoms with Crippen LogP contribution in [0, 0.1) is 0 Å². The summed E-state index contributed by atoms with van der Waals surface area (Å²) in [5, 5.41) is 0. The van der Waals surface area contributed by atoms with E-state index in [4.69, 9.17) is 9.05 Å². The number of rotatable bonds is 6. The zero-order valence-corrected chi connectivity index (χ0v) is 13.2. The molecule has 6 heteroatoms. The van der Waals surface area contributed by atoms with E-state index in [9.17, 15) is 9.36 Å². The van der Waals surface area contributed by atoms with Crippen LogP contribution in [-0.4, -0.2) is 23.7 Å². The topological polar surface area (TPSA) is 55.8 Å². The summed E-state index contributed by atoms with van der Waals surface area (Å²) < 4.78 is 25.3. The zero-order chi connectivity index (χ0) is 15.3. The summed E-state index contributed by atoms with van der Waals surface area (Å²) >= 11 is 0. The maximum Gasteiger partial charge on any atom is 0.435 e. The Kier molecular flexibility index (Phi) is 5.34. The standard InChI is InChI=1S/C15H20NO4P/c1-3-19-21(18,20-4-2)16-11-10-14(17)12-15(16)13-8-6-5-7-9-13/h5-11,15H,3-4,12H2,1-2H3. The first-order valence-corrected chi connectivity index (χ1v) is 8.54. The van der Waals surface area contributed by atoms with Crippen LogP contribution >= 0.6 is 7.75 Å². The van der Waals surface area contributed by atoms with Gasteiger partial charge < -0.3 is 0 Å². The molecule has 1 aromatic rings. The Bertz CT molecular complexity index is 548. The van der Waals surface area contributed by atoms with E-state index in [-0.39, 0.29) is 31.5 Å². The van der Waals surface area contributed by atoms with Gasteiger partial charge in [-0.1, -0.05) is 30.3 Å². The fraction of sp³-hybridized carbons (Fsp3) is 0.400. The van der Waals surface area contributed by atoms with Crippen molar-refractivity contribution < 1.29 is 18.4 Å². The van der Waals surface area contributed by atoms with Crippen molar-refractivity contribution in [3.8, 4) is 0 Å². The number of hydrogen-bond acceptors (Lipinski definition) is 4. The molecule has 1 aliphatic rings. The third-order valence-corrected chi connectivity index (χ3v) is 5.33. The predicted molar refractivity (Wildman–Crippen MR) is 80.6 cm³/mol. The van der Waals surface area contributed by atoms with E-state index in [0.29, 0.717) is 0 Å². The van der Waals surface area contributed by atoms with Crippen LogP contribution in [-0.2, 0) is 18.4 Å². The molecule has 1 aliphatic heterocycles. The zero-order valence-electron chi connectivity index (χ0n) is 12.3. The van der Waals surface area contributed by atoms with Crippen LogP contribution in [0.15, 0.2) is 42.6 Å². The average molecular weight is 309 g/mol. The van der Waals surface area contributed by atoms with Crippen molar-refractivity contribution in [2.24, 2.45) is 0 Å². The number of ketones is 1. The first kappa shape index (κ1) is 16.0. The van der Waals surface area contributed by atoms with E-state index in [2.05, 4.69) is 0 Å². The summed E-state index contributed by atoms with van der Waals surface area (Å²) in [5.41, 5.74) is 0.912. The SMILES string of the molecule is CCOP(=O)(OCC)N1C=CC(=O)CC1c1ccccc1. The minimum Gasteiger partial charge on any atom is -0.295 e. The van der Waals surface area contributed by atoms with E-state index >= 15 is 0 Å². The van der Waals surface area contributed by atoms with Crippen molar-refractivity contribution >= 4 is 13.5 Å². The fourth-order valence-electron chi connectivity index (χ4n) is 2.31. The Balaban J connectivity index is 2.39. The van der Waals surface area contributed by atoms with Gasteiger partial charge >= 0.3 is 7.75 Å². The molecule has 0 fully saturated rings. The Labute approximate surface area is 125 Å². The van der Waals surface area contributed by atoms with Crippen molar-refractivity contribution in [3.63, 3.8) is 0 Å². The van der Waals surface area contributed by atoms with Crippen LogP contribution in [0.4, 0.5) is 0 Å². The molecular weight excluding hydrogens is 289 g/mol. The molecule has 1 atom stereocenters. The maximum atomic E-state index is 13.0. The Morgan fingerprint density at radius 3 is 2.38 bits per heavy atom. The molecule has 0 saturated carbocycles. The summed E-state index contributed by atoms with van der Waals surface area (Å²) in [6.45, 7) is 4.08. The summed E-state index contributed by atoms with van der Waals surface area (Å²) in [6, 6.07) is 9.16. The van der Waals surface area contributed by atoms with Crippen LogP contribution in [0.5, 0.6) is 0 Å². The molecule has 21 heavy (non-hydrogen) atoms. The quantitative estimate of drug-likeness (QED) is 0.750. The molecule has 0 spiro atoms. The second kappa shape index (κ2) is 7.03. The molecule has 1 heterocycles. The first-order valence-electron chi connectivity index (χ1n) is 7.04. The van der Waals surface area contributed by atoms with Crippen LogP contribution < -0.4 is 0 Å². The molecule has 114 valence electrons. The van der Waals surface area contributed by atoms with Crippen LogP contribution in [0.25, 0.3) is 0 Å². The Morgan fingerprint density at radius 1 is 1.19 bits per heavy atom. The van der Waals surface area contributed by atoms with Gasteiger partial charge in [0.1, 0.15) is 0 Å². The molecule has 0 amide bonds. The van der Waals surface area contributed by atoms with Gasteiger partial charge in [0, 0.05) is 12.6 Å². The van der Waals surface area contributed by atoms with Gasteiger partial charge in [-0.2, -0.15) is 0 Å². The molecule has 0 bridgehead atoms. The van der Waals surface area contributed by atoms with E-state index in [1.54, 1.807) is 18.5 Å². The Morgan fingerprint density at radius 2 is 1.81 bits per heavy atom. The fourth-order valence-corrected chi connectivity index (χ4v) is 4.09. The second-order valence-corrected chi connectivity index (χ2v) is 6.51. The van der Waals surface area contributed by atoms with Gasteiger partial charge in [-0.3, -0.25) is 18.5 Å². The van der Waals surface area contributed by atoms with E-state index in [1.807, 2.05) is 30.3 Å². The highest BCUT2D eigenvalue weighted by atomic mass is 31.2. The average Bonchev–Trinajstić information content (AvgIpc) is 2.48. The van der Waals surface area contributed by atoms with Gasteiger partial charge in [-0.25, -0.2) is 4.57 Å². The summed E-state index contributed by atoms with van der Waals surface area (Å²) in [5.74, 6) is -0.000324. The van der Waals surface area contributed by atoms with Gasteiger partial charge in [-0.05, 0) is 25.5 Å². The maximum absolute atomic E-state index is 13.0. The normalized spacial score (nSPS) is 19.0. The molecule has 0 N–H and O–H groups in total. The number of carbonyl (C=O) groups excluding carboxylic acids is 1. The number of allylic oxidation sites excluding steroid dienone is 1. The summed E-state index contributed by atoms with van der Waals surface area (Å²) in [6.07, 6.45) is 3.20. The van der Waals surface area contributed by atoms with Crippen LogP contribution in [0.2, 0.25) is 0 Å². The molecule has 0 aromatic heterocycles. The van der Waals surface area contributed by atoms with Crippen molar-refractivity contribution in [1.29, 1.82) is 0 Å². The van der Waals surface area contributed by atoms with Gasteiger partial charge in [0.15, 0.2) is 5.78 Å². The highest BCUT2D eigenvalue weighted by molar-refractivity contribution is 7.51. The van der Waals surface area contributed by atoms with Gasteiger partial charge in [0.05, 0.1) is 19.3 Å². The highest BCUT2D eigenvalue weighted by Crippen LogP contribution is 2.57. The lowest BCUT2D eigenvalue weighted by Crippen LogP contribution is -2.28. The predicted octanol–water partition coefficient (Wildman–Crippen LogP) is 3.70. The highest BCUT2D eigenvalue weighted by Gasteiger charge is 2.39. The lowest BCUT2D eigenvalue weighted by atomic mass is 9.99. The molecule has 0 radical (unpaired) electrons. The van der Waals surface area contributed by atoms with Gasteiger partial charge in [-0.15, -0.1) is 0 Å². The van der Waals surface area contributed by atoms with Crippen molar-refractivity contribution in [2.45, 2.75) is 26.3 Å². The van der Waals surface area contributed by atoms with Crippen molar-refractivity contribution in [2.75, 3.05) is 13.2 Å². The summed E-state index contributed by atoms with van der Waals surface area (Å²) in [4.78, 5) is 11.8. The minimum absolute atomic E-state index is 0.000324. The minimum atomic E-state index is -3.45. The van der Waals surface area contributed by atoms with E-state index in [1.165, 1.54) is 12.3 Å². The molecule has 1 aromatic carbocycles. The molecule has 5 nitrogen and oxygen atoms in total. The second-order valence-electron chi connectivity index (χ2n) is 4.60. The number of benzene rings is 1. The molecule has 2 rings (SSSR count). The van der Waals surface area contributed by atoms with E-state index < -0.39 is 7.75 Å². The Hall–Kier alpha value is -1.42. The molecule has 1 unspecified atom stereocenters. The number of carbonyl (C=O) groups is 1. The van der Waals surface area contributed by atoms with Crippen LogP contribution in [0.1, 0.15) is 31.9 Å². The van der Waals surface area contributed by atoms with Gasteiger partial charge in [0.25, 0.3) is 0 Å². The van der Waals surface area contributed by atoms with Crippen molar-refractivity contribution in [1.82, 2.24) is 4.67 Å². The third-order valence-electron chi connectivity index (χ3n) is 3.18. The first-order chi connectivity index (χ1) is 10.1. The van der Waals surface area contributed by atoms with E-state index in [0.717, 1.165) is 5.56 Å². The number of nitrogens with zero attached hydrogens (tertiary/aromatic N) is 1. The smallest absolute Gasteiger partial charge is 0.295 e. The van der Waals surface area contributed by atoms with Gasteiger partial charge in [0.2, 0.25) is 0 Å².